The Bertz CT molecular complexity index is 575. The average Bonchev–Trinajstić information content (AvgIpc) is 2.45. The summed E-state index contributed by atoms with van der Waals surface area (Å²) in [6.07, 6.45) is 12.3. The fraction of sp³-hybridized carbons (Fsp3) is 0.529. The lowest BCUT2D eigenvalue weighted by Gasteiger charge is -2.18. The van der Waals surface area contributed by atoms with E-state index in [4.69, 9.17) is 9.29 Å². The first-order valence-electron chi connectivity index (χ1n) is 7.89. The first-order chi connectivity index (χ1) is 10.6. The summed E-state index contributed by atoms with van der Waals surface area (Å²) in [6, 6.07) is 6.35. The third-order valence-electron chi connectivity index (χ3n) is 3.90. The molecule has 1 aromatic rings. The summed E-state index contributed by atoms with van der Waals surface area (Å²) in [6.45, 7) is 0.731. The van der Waals surface area contributed by atoms with Gasteiger partial charge in [0, 0.05) is 6.61 Å². The SMILES string of the molecule is O=S(=O)(O)c1ccc(CCCOC2CC/C=C/CCC2)cc1. The maximum Gasteiger partial charge on any atom is 0.294 e. The number of benzene rings is 1. The van der Waals surface area contributed by atoms with E-state index in [0.717, 1.165) is 50.7 Å². The molecule has 1 N–H and O–H groups in total. The maximum atomic E-state index is 11.0. The molecule has 1 aliphatic rings. The second kappa shape index (κ2) is 8.46. The lowest BCUT2D eigenvalue weighted by atomic mass is 10.0. The average molecular weight is 324 g/mol. The van der Waals surface area contributed by atoms with Crippen molar-refractivity contribution in [2.45, 2.75) is 55.9 Å². The Balaban J connectivity index is 1.71. The van der Waals surface area contributed by atoms with Crippen LogP contribution in [0.1, 0.15) is 44.1 Å². The molecular weight excluding hydrogens is 300 g/mol. The van der Waals surface area contributed by atoms with Crippen molar-refractivity contribution in [3.05, 3.63) is 42.0 Å². The highest BCUT2D eigenvalue weighted by molar-refractivity contribution is 7.85. The highest BCUT2D eigenvalue weighted by atomic mass is 32.2. The predicted molar refractivity (Wildman–Crippen MR) is 86.5 cm³/mol. The fourth-order valence-electron chi connectivity index (χ4n) is 2.65. The van der Waals surface area contributed by atoms with Crippen LogP contribution < -0.4 is 0 Å². The van der Waals surface area contributed by atoms with Crippen molar-refractivity contribution in [3.8, 4) is 0 Å². The minimum Gasteiger partial charge on any atom is -0.378 e. The standard InChI is InChI=1S/C17H24O4S/c18-22(19,20)17-12-10-15(11-13-17)7-6-14-21-16-8-4-2-1-3-5-9-16/h1-2,10-13,16H,3-9,14H2,(H,18,19,20)/b2-1+. The van der Waals surface area contributed by atoms with Crippen molar-refractivity contribution in [1.29, 1.82) is 0 Å². The summed E-state index contributed by atoms with van der Waals surface area (Å²) in [7, 11) is -4.10. The first-order valence-corrected chi connectivity index (χ1v) is 9.33. The van der Waals surface area contributed by atoms with Gasteiger partial charge in [-0.15, -0.1) is 0 Å². The van der Waals surface area contributed by atoms with E-state index >= 15 is 0 Å². The molecule has 0 fully saturated rings. The van der Waals surface area contributed by atoms with Gasteiger partial charge in [0.05, 0.1) is 11.0 Å². The van der Waals surface area contributed by atoms with E-state index in [1.807, 2.05) is 0 Å². The Morgan fingerprint density at radius 1 is 1.09 bits per heavy atom. The molecule has 5 heteroatoms. The van der Waals surface area contributed by atoms with Crippen LogP contribution in [0.5, 0.6) is 0 Å². The van der Waals surface area contributed by atoms with Crippen LogP contribution in [0.4, 0.5) is 0 Å². The molecule has 1 unspecified atom stereocenters. The highest BCUT2D eigenvalue weighted by Gasteiger charge is 2.10. The molecule has 0 aliphatic heterocycles. The van der Waals surface area contributed by atoms with Gasteiger partial charge in [-0.3, -0.25) is 4.55 Å². The Kier molecular flexibility index (Phi) is 6.61. The molecule has 1 aromatic carbocycles. The van der Waals surface area contributed by atoms with Crippen molar-refractivity contribution in [2.24, 2.45) is 0 Å². The van der Waals surface area contributed by atoms with E-state index in [1.165, 1.54) is 18.6 Å². The molecule has 0 amide bonds. The van der Waals surface area contributed by atoms with Gasteiger partial charge < -0.3 is 4.74 Å². The normalized spacial score (nSPS) is 21.0. The smallest absolute Gasteiger partial charge is 0.294 e. The second-order valence-corrected chi connectivity index (χ2v) is 7.12. The number of hydrogen-bond donors (Lipinski definition) is 1. The Morgan fingerprint density at radius 2 is 1.82 bits per heavy atom. The van der Waals surface area contributed by atoms with E-state index in [0.29, 0.717) is 6.10 Å². The second-order valence-electron chi connectivity index (χ2n) is 5.70. The van der Waals surface area contributed by atoms with Gasteiger partial charge in [0.25, 0.3) is 10.1 Å². The van der Waals surface area contributed by atoms with Crippen molar-refractivity contribution < 1.29 is 17.7 Å². The van der Waals surface area contributed by atoms with E-state index in [9.17, 15) is 8.42 Å². The van der Waals surface area contributed by atoms with Crippen LogP contribution in [0.2, 0.25) is 0 Å². The number of aryl methyl sites for hydroxylation is 1. The summed E-state index contributed by atoms with van der Waals surface area (Å²) in [4.78, 5) is -0.0601. The summed E-state index contributed by atoms with van der Waals surface area (Å²) >= 11 is 0. The predicted octanol–water partition coefficient (Wildman–Crippen LogP) is 3.77. The van der Waals surface area contributed by atoms with E-state index in [2.05, 4.69) is 12.2 Å². The van der Waals surface area contributed by atoms with Gasteiger partial charge in [-0.05, 0) is 62.6 Å². The molecule has 1 aliphatic carbocycles. The van der Waals surface area contributed by atoms with Crippen LogP contribution in [0.25, 0.3) is 0 Å². The van der Waals surface area contributed by atoms with Crippen molar-refractivity contribution >= 4 is 10.1 Å². The third kappa shape index (κ3) is 5.91. The van der Waals surface area contributed by atoms with Gasteiger partial charge in [0.2, 0.25) is 0 Å². The summed E-state index contributed by atoms with van der Waals surface area (Å²) in [5.41, 5.74) is 1.05. The maximum absolute atomic E-state index is 11.0. The monoisotopic (exact) mass is 324 g/mol. The molecule has 4 nitrogen and oxygen atoms in total. The number of ether oxygens (including phenoxy) is 1. The van der Waals surface area contributed by atoms with Crippen LogP contribution in [0.3, 0.4) is 0 Å². The minimum absolute atomic E-state index is 0.0601. The van der Waals surface area contributed by atoms with Gasteiger partial charge in [-0.2, -0.15) is 8.42 Å². The molecule has 0 aromatic heterocycles. The Labute approximate surface area is 132 Å². The fourth-order valence-corrected chi connectivity index (χ4v) is 3.13. The molecule has 122 valence electrons. The Hall–Kier alpha value is -1.17. The molecule has 1 atom stereocenters. The molecule has 22 heavy (non-hydrogen) atoms. The van der Waals surface area contributed by atoms with Crippen LogP contribution in [-0.4, -0.2) is 25.7 Å². The number of hydrogen-bond acceptors (Lipinski definition) is 3. The zero-order chi connectivity index (χ0) is 15.8. The van der Waals surface area contributed by atoms with Crippen LogP contribution in [0, 0.1) is 0 Å². The molecule has 0 bridgehead atoms. The molecule has 0 radical (unpaired) electrons. The largest absolute Gasteiger partial charge is 0.378 e. The van der Waals surface area contributed by atoms with Crippen molar-refractivity contribution in [2.75, 3.05) is 6.61 Å². The molecule has 0 saturated heterocycles. The third-order valence-corrected chi connectivity index (χ3v) is 4.77. The summed E-state index contributed by atoms with van der Waals surface area (Å²) in [5, 5.41) is 0. The summed E-state index contributed by atoms with van der Waals surface area (Å²) < 4.78 is 36.8. The van der Waals surface area contributed by atoms with Crippen LogP contribution in [0.15, 0.2) is 41.3 Å². The van der Waals surface area contributed by atoms with E-state index in [1.54, 1.807) is 12.1 Å². The van der Waals surface area contributed by atoms with Crippen LogP contribution in [-0.2, 0) is 21.3 Å². The van der Waals surface area contributed by atoms with Gasteiger partial charge in [-0.25, -0.2) is 0 Å². The van der Waals surface area contributed by atoms with Crippen molar-refractivity contribution in [3.63, 3.8) is 0 Å². The number of allylic oxidation sites excluding steroid dienone is 2. The van der Waals surface area contributed by atoms with E-state index < -0.39 is 10.1 Å². The molecule has 0 saturated carbocycles. The lowest BCUT2D eigenvalue weighted by Crippen LogP contribution is -2.14. The first kappa shape index (κ1) is 17.2. The molecule has 0 spiro atoms. The number of rotatable bonds is 6. The van der Waals surface area contributed by atoms with Gasteiger partial charge in [0.15, 0.2) is 0 Å². The van der Waals surface area contributed by atoms with Crippen LogP contribution >= 0.6 is 0 Å². The zero-order valence-electron chi connectivity index (χ0n) is 12.8. The minimum atomic E-state index is -4.10. The highest BCUT2D eigenvalue weighted by Crippen LogP contribution is 2.16. The molecule has 2 rings (SSSR count). The van der Waals surface area contributed by atoms with E-state index in [-0.39, 0.29) is 4.90 Å². The van der Waals surface area contributed by atoms with Crippen molar-refractivity contribution in [1.82, 2.24) is 0 Å². The molecular formula is C17H24O4S. The van der Waals surface area contributed by atoms with Gasteiger partial charge >= 0.3 is 0 Å². The van der Waals surface area contributed by atoms with Gasteiger partial charge in [-0.1, -0.05) is 24.3 Å². The zero-order valence-corrected chi connectivity index (χ0v) is 13.6. The Morgan fingerprint density at radius 3 is 2.55 bits per heavy atom. The lowest BCUT2D eigenvalue weighted by molar-refractivity contribution is 0.0392. The quantitative estimate of drug-likeness (QED) is 0.491. The topological polar surface area (TPSA) is 63.6 Å². The summed E-state index contributed by atoms with van der Waals surface area (Å²) in [5.74, 6) is 0. The van der Waals surface area contributed by atoms with Gasteiger partial charge in [0.1, 0.15) is 0 Å². The molecule has 0 heterocycles.